The minimum absolute atomic E-state index is 1.28. The Morgan fingerprint density at radius 3 is 1.11 bits per heavy atom. The smallest absolute Gasteiger partial charge is 0.161 e. The van der Waals surface area contributed by atoms with Gasteiger partial charge < -0.3 is 20.4 Å². The molecule has 0 aromatic heterocycles. The van der Waals surface area contributed by atoms with Crippen molar-refractivity contribution in [2.45, 2.75) is 26.4 Å². The molecular weight excluding hydrogens is 124 g/mol. The first kappa shape index (κ1) is 8.84. The molecule has 0 aromatic rings. The molecule has 0 spiro atoms. The van der Waals surface area contributed by atoms with E-state index in [0.717, 1.165) is 0 Å². The Hall–Kier alpha value is -0.160. The Morgan fingerprint density at radius 2 is 1.11 bits per heavy atom. The van der Waals surface area contributed by atoms with E-state index in [2.05, 4.69) is 0 Å². The van der Waals surface area contributed by atoms with Crippen LogP contribution in [0.25, 0.3) is 0 Å². The summed E-state index contributed by atoms with van der Waals surface area (Å²) in [6.07, 6.45) is -3.42. The van der Waals surface area contributed by atoms with Crippen molar-refractivity contribution in [1.82, 2.24) is 0 Å². The molecular formula is C5H12O4. The van der Waals surface area contributed by atoms with Gasteiger partial charge in [0.05, 0.1) is 5.41 Å². The van der Waals surface area contributed by atoms with Crippen LogP contribution in [0.1, 0.15) is 13.8 Å². The maximum absolute atomic E-state index is 8.49. The second-order valence-electron chi connectivity index (χ2n) is 2.57. The van der Waals surface area contributed by atoms with Crippen molar-refractivity contribution < 1.29 is 20.4 Å². The lowest BCUT2D eigenvalue weighted by atomic mass is 9.92. The van der Waals surface area contributed by atoms with Crippen LogP contribution in [0.3, 0.4) is 0 Å². The fraction of sp³-hybridized carbons (Fsp3) is 1.00. The summed E-state index contributed by atoms with van der Waals surface area (Å²) in [7, 11) is 0. The van der Waals surface area contributed by atoms with Crippen molar-refractivity contribution in [1.29, 1.82) is 0 Å². The normalized spacial score (nSPS) is 13.3. The molecule has 0 fully saturated rings. The molecule has 0 unspecified atom stereocenters. The van der Waals surface area contributed by atoms with Crippen molar-refractivity contribution >= 4 is 0 Å². The van der Waals surface area contributed by atoms with E-state index in [9.17, 15) is 0 Å². The van der Waals surface area contributed by atoms with Gasteiger partial charge in [-0.1, -0.05) is 13.8 Å². The van der Waals surface area contributed by atoms with Gasteiger partial charge in [0.15, 0.2) is 12.6 Å². The van der Waals surface area contributed by atoms with E-state index in [0.29, 0.717) is 0 Å². The molecule has 0 saturated heterocycles. The van der Waals surface area contributed by atoms with Crippen LogP contribution in [-0.2, 0) is 0 Å². The molecule has 0 radical (unpaired) electrons. The maximum atomic E-state index is 8.49. The van der Waals surface area contributed by atoms with Gasteiger partial charge in [-0.2, -0.15) is 0 Å². The lowest BCUT2D eigenvalue weighted by Crippen LogP contribution is -2.40. The van der Waals surface area contributed by atoms with Crippen molar-refractivity contribution in [3.63, 3.8) is 0 Å². The number of hydrogen-bond acceptors (Lipinski definition) is 4. The molecule has 0 bridgehead atoms. The van der Waals surface area contributed by atoms with E-state index in [1.807, 2.05) is 0 Å². The van der Waals surface area contributed by atoms with Crippen molar-refractivity contribution in [2.24, 2.45) is 5.41 Å². The average molecular weight is 136 g/mol. The highest BCUT2D eigenvalue weighted by Gasteiger charge is 2.32. The van der Waals surface area contributed by atoms with E-state index in [-0.39, 0.29) is 0 Å². The highest BCUT2D eigenvalue weighted by Crippen LogP contribution is 2.21. The molecule has 0 amide bonds. The molecule has 0 aromatic carbocycles. The van der Waals surface area contributed by atoms with Gasteiger partial charge in [0.1, 0.15) is 0 Å². The summed E-state index contributed by atoms with van der Waals surface area (Å²) in [6, 6.07) is 0. The molecule has 0 rings (SSSR count). The topological polar surface area (TPSA) is 80.9 Å². The van der Waals surface area contributed by atoms with E-state index in [4.69, 9.17) is 20.4 Å². The molecule has 0 heterocycles. The van der Waals surface area contributed by atoms with Crippen LogP contribution >= 0.6 is 0 Å². The average Bonchev–Trinajstić information content (AvgIpc) is 1.65. The van der Waals surface area contributed by atoms with Gasteiger partial charge in [0, 0.05) is 0 Å². The molecule has 0 aliphatic rings. The van der Waals surface area contributed by atoms with Crippen molar-refractivity contribution in [3.8, 4) is 0 Å². The molecule has 0 saturated carbocycles. The van der Waals surface area contributed by atoms with E-state index in [1.165, 1.54) is 13.8 Å². The van der Waals surface area contributed by atoms with Crippen molar-refractivity contribution in [2.75, 3.05) is 0 Å². The van der Waals surface area contributed by atoms with E-state index in [1.54, 1.807) is 0 Å². The number of rotatable bonds is 2. The predicted octanol–water partition coefficient (Wildman–Crippen LogP) is -1.37. The van der Waals surface area contributed by atoms with Gasteiger partial charge in [-0.05, 0) is 0 Å². The van der Waals surface area contributed by atoms with Gasteiger partial charge in [0.2, 0.25) is 0 Å². The van der Waals surface area contributed by atoms with Gasteiger partial charge in [-0.15, -0.1) is 0 Å². The lowest BCUT2D eigenvalue weighted by Gasteiger charge is -2.27. The minimum Gasteiger partial charge on any atom is -0.367 e. The van der Waals surface area contributed by atoms with Crippen LogP contribution < -0.4 is 0 Å². The van der Waals surface area contributed by atoms with Gasteiger partial charge in [-0.3, -0.25) is 0 Å². The summed E-state index contributed by atoms with van der Waals surface area (Å²) in [6.45, 7) is 2.67. The first-order valence-corrected chi connectivity index (χ1v) is 2.61. The summed E-state index contributed by atoms with van der Waals surface area (Å²) in [5.41, 5.74) is -1.28. The first-order chi connectivity index (χ1) is 3.89. The predicted molar refractivity (Wildman–Crippen MR) is 30.2 cm³/mol. The van der Waals surface area contributed by atoms with E-state index < -0.39 is 18.0 Å². The molecule has 4 heteroatoms. The second-order valence-corrected chi connectivity index (χ2v) is 2.57. The Morgan fingerprint density at radius 1 is 0.889 bits per heavy atom. The largest absolute Gasteiger partial charge is 0.367 e. The van der Waals surface area contributed by atoms with Crippen LogP contribution in [0, 0.1) is 5.41 Å². The molecule has 9 heavy (non-hydrogen) atoms. The summed E-state index contributed by atoms with van der Waals surface area (Å²) in [5, 5.41) is 33.9. The maximum Gasteiger partial charge on any atom is 0.161 e. The minimum atomic E-state index is -1.71. The zero-order chi connectivity index (χ0) is 7.65. The van der Waals surface area contributed by atoms with Crippen molar-refractivity contribution in [3.05, 3.63) is 0 Å². The SMILES string of the molecule is CC(C)(C(O)O)C(O)O. The summed E-state index contributed by atoms with van der Waals surface area (Å²) >= 11 is 0. The third-order valence-electron chi connectivity index (χ3n) is 1.33. The van der Waals surface area contributed by atoms with Crippen LogP contribution in [0.4, 0.5) is 0 Å². The Bertz CT molecular complexity index is 77.0. The number of aliphatic hydroxyl groups excluding tert-OH is 2. The van der Waals surface area contributed by atoms with Crippen LogP contribution in [0.15, 0.2) is 0 Å². The third kappa shape index (κ3) is 1.91. The van der Waals surface area contributed by atoms with Crippen LogP contribution in [0.2, 0.25) is 0 Å². The van der Waals surface area contributed by atoms with E-state index >= 15 is 0 Å². The Kier molecular flexibility index (Phi) is 2.57. The Labute approximate surface area is 53.4 Å². The molecule has 0 aliphatic carbocycles. The summed E-state index contributed by atoms with van der Waals surface area (Å²) in [5.74, 6) is 0. The van der Waals surface area contributed by atoms with Gasteiger partial charge in [-0.25, -0.2) is 0 Å². The molecule has 0 aliphatic heterocycles. The summed E-state index contributed by atoms with van der Waals surface area (Å²) < 4.78 is 0. The monoisotopic (exact) mass is 136 g/mol. The zero-order valence-electron chi connectivity index (χ0n) is 5.44. The first-order valence-electron chi connectivity index (χ1n) is 2.61. The fourth-order valence-electron chi connectivity index (χ4n) is 0.133. The molecule has 4 nitrogen and oxygen atoms in total. The quantitative estimate of drug-likeness (QED) is 0.353. The standard InChI is InChI=1S/C5H12O4/c1-5(2,3(6)7)4(8)9/h3-4,6-9H,1-2H3. The molecule has 4 N–H and O–H groups in total. The van der Waals surface area contributed by atoms with Gasteiger partial charge in [0.25, 0.3) is 0 Å². The molecule has 56 valence electrons. The highest BCUT2D eigenvalue weighted by molar-refractivity contribution is 4.71. The lowest BCUT2D eigenvalue weighted by molar-refractivity contribution is -0.221. The summed E-state index contributed by atoms with van der Waals surface area (Å²) in [4.78, 5) is 0. The fourth-order valence-corrected chi connectivity index (χ4v) is 0.133. The van der Waals surface area contributed by atoms with Crippen LogP contribution in [0.5, 0.6) is 0 Å². The third-order valence-corrected chi connectivity index (χ3v) is 1.33. The zero-order valence-corrected chi connectivity index (χ0v) is 5.44. The second kappa shape index (κ2) is 2.62. The number of aliphatic hydroxyl groups is 4. The number of hydrogen-bond donors (Lipinski definition) is 4. The van der Waals surface area contributed by atoms with Crippen LogP contribution in [-0.4, -0.2) is 33.0 Å². The Balaban J connectivity index is 4.01. The van der Waals surface area contributed by atoms with Gasteiger partial charge >= 0.3 is 0 Å². The highest BCUT2D eigenvalue weighted by atomic mass is 16.5. The molecule has 0 atom stereocenters.